The minimum Gasteiger partial charge on any atom is -0.312 e. The summed E-state index contributed by atoms with van der Waals surface area (Å²) in [4.78, 5) is 2.70. The third kappa shape index (κ3) is 5.04. The zero-order chi connectivity index (χ0) is 15.0. The quantitative estimate of drug-likeness (QED) is 0.672. The van der Waals surface area contributed by atoms with E-state index in [2.05, 4.69) is 45.0 Å². The maximum absolute atomic E-state index is 3.83. The molecular weight excluding hydrogens is 244 g/mol. The zero-order valence-corrected chi connectivity index (χ0v) is 14.6. The van der Waals surface area contributed by atoms with Gasteiger partial charge in [0.25, 0.3) is 0 Å². The average Bonchev–Trinajstić information content (AvgIpc) is 2.47. The van der Waals surface area contributed by atoms with E-state index in [1.54, 1.807) is 0 Å². The Balaban J connectivity index is 2.69. The van der Waals surface area contributed by atoms with Gasteiger partial charge in [0, 0.05) is 18.1 Å². The van der Waals surface area contributed by atoms with Gasteiger partial charge in [-0.15, -0.1) is 0 Å². The van der Waals surface area contributed by atoms with Crippen LogP contribution in [-0.2, 0) is 0 Å². The number of nitrogens with one attached hydrogen (secondary N) is 1. The molecule has 1 N–H and O–H groups in total. The molecule has 20 heavy (non-hydrogen) atoms. The van der Waals surface area contributed by atoms with Crippen molar-refractivity contribution in [1.82, 2.24) is 10.2 Å². The normalized spacial score (nSPS) is 27.4. The van der Waals surface area contributed by atoms with Gasteiger partial charge in [-0.25, -0.2) is 0 Å². The van der Waals surface area contributed by atoms with Crippen LogP contribution < -0.4 is 5.32 Å². The summed E-state index contributed by atoms with van der Waals surface area (Å²) in [6.45, 7) is 10.5. The minimum absolute atomic E-state index is 0.716. The summed E-state index contributed by atoms with van der Waals surface area (Å²) >= 11 is 0. The van der Waals surface area contributed by atoms with Crippen molar-refractivity contribution in [3.05, 3.63) is 0 Å². The predicted molar refractivity (Wildman–Crippen MR) is 90.3 cm³/mol. The van der Waals surface area contributed by atoms with Crippen LogP contribution in [0.1, 0.15) is 79.1 Å². The molecule has 0 aromatic heterocycles. The highest BCUT2D eigenvalue weighted by Gasteiger charge is 2.34. The number of nitrogens with zero attached hydrogens (tertiary/aromatic N) is 1. The molecule has 1 rings (SSSR count). The van der Waals surface area contributed by atoms with E-state index in [1.165, 1.54) is 57.9 Å². The number of rotatable bonds is 9. The van der Waals surface area contributed by atoms with Crippen molar-refractivity contribution in [2.45, 2.75) is 97.2 Å². The molecule has 2 heteroatoms. The number of likely N-dealkylation sites (N-methyl/N-ethyl adjacent to an activating group) is 1. The molecule has 0 amide bonds. The summed E-state index contributed by atoms with van der Waals surface area (Å²) in [5.41, 5.74) is 0. The van der Waals surface area contributed by atoms with E-state index < -0.39 is 0 Å². The molecule has 1 aliphatic carbocycles. The van der Waals surface area contributed by atoms with Crippen LogP contribution in [0.3, 0.4) is 0 Å². The summed E-state index contributed by atoms with van der Waals surface area (Å²) in [6.07, 6.45) is 10.8. The topological polar surface area (TPSA) is 15.3 Å². The summed E-state index contributed by atoms with van der Waals surface area (Å²) in [5.74, 6) is 0.960. The molecule has 1 fully saturated rings. The Hall–Kier alpha value is -0.0800. The van der Waals surface area contributed by atoms with Crippen molar-refractivity contribution in [3.63, 3.8) is 0 Å². The lowest BCUT2D eigenvalue weighted by Gasteiger charge is -2.44. The van der Waals surface area contributed by atoms with Gasteiger partial charge < -0.3 is 5.32 Å². The minimum atomic E-state index is 0.716. The maximum Gasteiger partial charge on any atom is 0.0251 e. The molecule has 3 unspecified atom stereocenters. The van der Waals surface area contributed by atoms with Crippen LogP contribution >= 0.6 is 0 Å². The molecule has 3 atom stereocenters. The Labute approximate surface area is 127 Å². The third-order valence-electron chi connectivity index (χ3n) is 5.32. The summed E-state index contributed by atoms with van der Waals surface area (Å²) in [7, 11) is 2.37. The van der Waals surface area contributed by atoms with Gasteiger partial charge in [-0.3, -0.25) is 4.90 Å². The van der Waals surface area contributed by atoms with E-state index >= 15 is 0 Å². The first-order chi connectivity index (χ1) is 9.67. The van der Waals surface area contributed by atoms with Crippen molar-refractivity contribution in [3.8, 4) is 0 Å². The van der Waals surface area contributed by atoms with Crippen molar-refractivity contribution in [1.29, 1.82) is 0 Å². The standard InChI is InChI=1S/C18H38N2/c1-6-10-15-11-12-17(19-13-7-2)18(14-15)20(5)16(8-3)9-4/h15-19H,6-14H2,1-5H3. The smallest absolute Gasteiger partial charge is 0.0251 e. The Morgan fingerprint density at radius 1 is 1.05 bits per heavy atom. The molecule has 0 aromatic carbocycles. The SMILES string of the molecule is CCCNC1CCC(CCC)CC1N(C)C(CC)CC. The fourth-order valence-corrected chi connectivity index (χ4v) is 4.06. The predicted octanol–water partition coefficient (Wildman–Crippen LogP) is 4.44. The van der Waals surface area contributed by atoms with Gasteiger partial charge in [-0.2, -0.15) is 0 Å². The first-order valence-electron chi connectivity index (χ1n) is 9.13. The van der Waals surface area contributed by atoms with Crippen molar-refractivity contribution in [2.24, 2.45) is 5.92 Å². The van der Waals surface area contributed by atoms with Crippen LogP contribution in [0.4, 0.5) is 0 Å². The van der Waals surface area contributed by atoms with E-state index in [-0.39, 0.29) is 0 Å². The molecule has 0 bridgehead atoms. The van der Waals surface area contributed by atoms with E-state index in [0.717, 1.165) is 18.0 Å². The van der Waals surface area contributed by atoms with Crippen LogP contribution in [0.2, 0.25) is 0 Å². The molecule has 0 saturated heterocycles. The molecule has 0 aromatic rings. The number of hydrogen-bond donors (Lipinski definition) is 1. The van der Waals surface area contributed by atoms with Crippen molar-refractivity contribution in [2.75, 3.05) is 13.6 Å². The average molecular weight is 283 g/mol. The Bertz CT molecular complexity index is 238. The molecule has 2 nitrogen and oxygen atoms in total. The fourth-order valence-electron chi connectivity index (χ4n) is 4.06. The maximum atomic E-state index is 3.83. The molecular formula is C18H38N2. The zero-order valence-electron chi connectivity index (χ0n) is 14.6. The first-order valence-corrected chi connectivity index (χ1v) is 9.13. The largest absolute Gasteiger partial charge is 0.312 e. The lowest BCUT2D eigenvalue weighted by molar-refractivity contribution is 0.0774. The number of hydrogen-bond acceptors (Lipinski definition) is 2. The lowest BCUT2D eigenvalue weighted by Crippen LogP contribution is -2.54. The van der Waals surface area contributed by atoms with Crippen LogP contribution in [0, 0.1) is 5.92 Å². The molecule has 0 aliphatic heterocycles. The third-order valence-corrected chi connectivity index (χ3v) is 5.32. The van der Waals surface area contributed by atoms with Gasteiger partial charge in [0.2, 0.25) is 0 Å². The van der Waals surface area contributed by atoms with Crippen LogP contribution in [0.25, 0.3) is 0 Å². The fraction of sp³-hybridized carbons (Fsp3) is 1.00. The van der Waals surface area contributed by atoms with Gasteiger partial charge >= 0.3 is 0 Å². The Morgan fingerprint density at radius 3 is 2.30 bits per heavy atom. The molecule has 1 aliphatic rings. The molecule has 0 spiro atoms. The highest BCUT2D eigenvalue weighted by atomic mass is 15.2. The lowest BCUT2D eigenvalue weighted by atomic mass is 9.79. The Kier molecular flexibility index (Phi) is 8.79. The second-order valence-corrected chi connectivity index (χ2v) is 6.73. The summed E-state index contributed by atoms with van der Waals surface area (Å²) in [6, 6.07) is 2.22. The van der Waals surface area contributed by atoms with Gasteiger partial charge in [0.05, 0.1) is 0 Å². The van der Waals surface area contributed by atoms with Crippen LogP contribution in [-0.4, -0.2) is 36.6 Å². The molecule has 0 heterocycles. The first kappa shape index (κ1) is 18.0. The van der Waals surface area contributed by atoms with Gasteiger partial charge in [0.15, 0.2) is 0 Å². The van der Waals surface area contributed by atoms with E-state index in [1.807, 2.05) is 0 Å². The Morgan fingerprint density at radius 2 is 1.75 bits per heavy atom. The van der Waals surface area contributed by atoms with E-state index in [0.29, 0.717) is 6.04 Å². The van der Waals surface area contributed by atoms with Crippen molar-refractivity contribution >= 4 is 0 Å². The molecule has 1 saturated carbocycles. The monoisotopic (exact) mass is 282 g/mol. The van der Waals surface area contributed by atoms with Gasteiger partial charge in [-0.05, 0) is 58.0 Å². The highest BCUT2D eigenvalue weighted by molar-refractivity contribution is 4.92. The van der Waals surface area contributed by atoms with Crippen molar-refractivity contribution < 1.29 is 0 Å². The highest BCUT2D eigenvalue weighted by Crippen LogP contribution is 2.32. The van der Waals surface area contributed by atoms with Gasteiger partial charge in [-0.1, -0.05) is 40.5 Å². The van der Waals surface area contributed by atoms with E-state index in [9.17, 15) is 0 Å². The summed E-state index contributed by atoms with van der Waals surface area (Å²) in [5, 5.41) is 3.83. The van der Waals surface area contributed by atoms with Crippen LogP contribution in [0.15, 0.2) is 0 Å². The second kappa shape index (κ2) is 9.78. The molecule has 120 valence electrons. The van der Waals surface area contributed by atoms with Crippen LogP contribution in [0.5, 0.6) is 0 Å². The molecule has 0 radical (unpaired) electrons. The second-order valence-electron chi connectivity index (χ2n) is 6.73. The van der Waals surface area contributed by atoms with Gasteiger partial charge in [0.1, 0.15) is 0 Å². The summed E-state index contributed by atoms with van der Waals surface area (Å²) < 4.78 is 0. The van der Waals surface area contributed by atoms with E-state index in [4.69, 9.17) is 0 Å².